The second-order valence-corrected chi connectivity index (χ2v) is 5.94. The molecule has 27 heavy (non-hydrogen) atoms. The van der Waals surface area contributed by atoms with Crippen molar-refractivity contribution >= 4 is 11.7 Å². The molecule has 2 N–H and O–H groups in total. The summed E-state index contributed by atoms with van der Waals surface area (Å²) in [7, 11) is 1.66. The summed E-state index contributed by atoms with van der Waals surface area (Å²) in [6.45, 7) is 2.73. The molecule has 2 heterocycles. The number of hydrogen-bond acceptors (Lipinski definition) is 6. The van der Waals surface area contributed by atoms with Gasteiger partial charge in [-0.2, -0.15) is 0 Å². The fourth-order valence-electron chi connectivity index (χ4n) is 2.68. The van der Waals surface area contributed by atoms with Crippen LogP contribution in [0.4, 0.5) is 5.82 Å². The van der Waals surface area contributed by atoms with Gasteiger partial charge in [-0.1, -0.05) is 18.2 Å². The van der Waals surface area contributed by atoms with E-state index in [1.165, 1.54) is 0 Å². The number of nitrogens with one attached hydrogen (secondary N) is 2. The highest BCUT2D eigenvalue weighted by molar-refractivity contribution is 5.92. The lowest BCUT2D eigenvalue weighted by Gasteiger charge is -2.11. The summed E-state index contributed by atoms with van der Waals surface area (Å²) in [5.41, 5.74) is 1.42. The van der Waals surface area contributed by atoms with E-state index in [4.69, 9.17) is 9.15 Å². The van der Waals surface area contributed by atoms with E-state index in [1.54, 1.807) is 38.5 Å². The zero-order chi connectivity index (χ0) is 19.1. The molecule has 2 aromatic heterocycles. The maximum absolute atomic E-state index is 12.3. The predicted octanol–water partition coefficient (Wildman–Crippen LogP) is 2.97. The van der Waals surface area contributed by atoms with Gasteiger partial charge in [0.1, 0.15) is 28.8 Å². The molecule has 0 atom stereocenters. The number of furan rings is 1. The van der Waals surface area contributed by atoms with Crippen molar-refractivity contribution in [2.45, 2.75) is 19.9 Å². The van der Waals surface area contributed by atoms with E-state index < -0.39 is 0 Å². The molecule has 0 saturated carbocycles. The third kappa shape index (κ3) is 5.07. The lowest BCUT2D eigenvalue weighted by Crippen LogP contribution is -2.24. The average molecular weight is 366 g/mol. The lowest BCUT2D eigenvalue weighted by atomic mass is 10.1. The normalized spacial score (nSPS) is 10.4. The first-order valence-electron chi connectivity index (χ1n) is 8.68. The molecule has 3 aromatic rings. The Hall–Kier alpha value is -3.35. The van der Waals surface area contributed by atoms with Gasteiger partial charge in [-0.3, -0.25) is 4.79 Å². The quantitative estimate of drug-likeness (QED) is 0.637. The van der Waals surface area contributed by atoms with Crippen LogP contribution in [0.1, 0.15) is 27.6 Å². The van der Waals surface area contributed by atoms with Crippen molar-refractivity contribution in [1.29, 1.82) is 0 Å². The van der Waals surface area contributed by atoms with Crippen molar-refractivity contribution in [2.75, 3.05) is 19.0 Å². The number of carbonyl (C=O) groups is 1. The standard InChI is InChI=1S/C20H22N4O3/c1-14-23-17(20(25)22-13-16-7-5-11-27-16)12-19(24-14)21-10-9-15-6-3-4-8-18(15)26-2/h3-8,11-12H,9-10,13H2,1-2H3,(H,22,25)(H,21,23,24). The Morgan fingerprint density at radius 3 is 2.81 bits per heavy atom. The van der Waals surface area contributed by atoms with Crippen LogP contribution in [0, 0.1) is 6.92 Å². The maximum Gasteiger partial charge on any atom is 0.270 e. The molecule has 0 aliphatic carbocycles. The Morgan fingerprint density at radius 1 is 1.19 bits per heavy atom. The van der Waals surface area contributed by atoms with Crippen molar-refractivity contribution in [2.24, 2.45) is 0 Å². The molecule has 1 aromatic carbocycles. The zero-order valence-corrected chi connectivity index (χ0v) is 15.4. The van der Waals surface area contributed by atoms with Crippen LogP contribution >= 0.6 is 0 Å². The van der Waals surface area contributed by atoms with E-state index in [0.717, 1.165) is 17.7 Å². The van der Waals surface area contributed by atoms with Gasteiger partial charge in [-0.15, -0.1) is 0 Å². The van der Waals surface area contributed by atoms with Gasteiger partial charge < -0.3 is 19.8 Å². The van der Waals surface area contributed by atoms with Crippen molar-refractivity contribution in [3.05, 3.63) is 71.6 Å². The summed E-state index contributed by atoms with van der Waals surface area (Å²) >= 11 is 0. The van der Waals surface area contributed by atoms with Crippen LogP contribution < -0.4 is 15.4 Å². The maximum atomic E-state index is 12.3. The largest absolute Gasteiger partial charge is 0.496 e. The number of nitrogens with zero attached hydrogens (tertiary/aromatic N) is 2. The zero-order valence-electron chi connectivity index (χ0n) is 15.4. The topological polar surface area (TPSA) is 89.3 Å². The number of para-hydroxylation sites is 1. The summed E-state index contributed by atoms with van der Waals surface area (Å²) in [4.78, 5) is 20.9. The molecule has 0 radical (unpaired) electrons. The first-order chi connectivity index (χ1) is 13.2. The lowest BCUT2D eigenvalue weighted by molar-refractivity contribution is 0.0942. The third-order valence-electron chi connectivity index (χ3n) is 3.97. The van der Waals surface area contributed by atoms with Crippen molar-refractivity contribution in [1.82, 2.24) is 15.3 Å². The van der Waals surface area contributed by atoms with Crippen LogP contribution in [0.3, 0.4) is 0 Å². The predicted molar refractivity (Wildman–Crippen MR) is 102 cm³/mol. The van der Waals surface area contributed by atoms with E-state index in [2.05, 4.69) is 20.6 Å². The van der Waals surface area contributed by atoms with E-state index in [1.807, 2.05) is 24.3 Å². The summed E-state index contributed by atoms with van der Waals surface area (Å²) in [5, 5.41) is 6.03. The van der Waals surface area contributed by atoms with E-state index >= 15 is 0 Å². The Kier molecular flexibility index (Phi) is 6.04. The summed E-state index contributed by atoms with van der Waals surface area (Å²) in [6, 6.07) is 13.1. The van der Waals surface area contributed by atoms with E-state index in [0.29, 0.717) is 36.2 Å². The van der Waals surface area contributed by atoms with Crippen LogP contribution in [-0.2, 0) is 13.0 Å². The summed E-state index contributed by atoms with van der Waals surface area (Å²) in [5.74, 6) is 2.41. The number of hydrogen-bond donors (Lipinski definition) is 2. The molecule has 7 heteroatoms. The Bertz CT molecular complexity index is 894. The fourth-order valence-corrected chi connectivity index (χ4v) is 2.68. The minimum absolute atomic E-state index is 0.273. The van der Waals surface area contributed by atoms with E-state index in [9.17, 15) is 4.79 Å². The highest BCUT2D eigenvalue weighted by Crippen LogP contribution is 2.18. The Morgan fingerprint density at radius 2 is 2.04 bits per heavy atom. The van der Waals surface area contributed by atoms with Gasteiger partial charge in [0.05, 0.1) is 19.9 Å². The van der Waals surface area contributed by atoms with Gasteiger partial charge in [0.15, 0.2) is 0 Å². The molecule has 3 rings (SSSR count). The van der Waals surface area contributed by atoms with Gasteiger partial charge in [0.2, 0.25) is 0 Å². The summed E-state index contributed by atoms with van der Waals surface area (Å²) in [6.07, 6.45) is 2.34. The Labute approximate surface area is 157 Å². The van der Waals surface area contributed by atoms with Crippen LogP contribution in [0.5, 0.6) is 5.75 Å². The molecule has 1 amide bonds. The highest BCUT2D eigenvalue weighted by atomic mass is 16.5. The number of rotatable bonds is 8. The van der Waals surface area contributed by atoms with Crippen molar-refractivity contribution in [3.8, 4) is 5.75 Å². The fraction of sp³-hybridized carbons (Fsp3) is 0.250. The molecule has 0 unspecified atom stereocenters. The SMILES string of the molecule is COc1ccccc1CCNc1cc(C(=O)NCc2ccco2)nc(C)n1. The van der Waals surface area contributed by atoms with Crippen molar-refractivity contribution in [3.63, 3.8) is 0 Å². The number of anilines is 1. The van der Waals surface area contributed by atoms with Gasteiger partial charge >= 0.3 is 0 Å². The molecule has 0 bridgehead atoms. The molecule has 7 nitrogen and oxygen atoms in total. The summed E-state index contributed by atoms with van der Waals surface area (Å²) < 4.78 is 10.6. The van der Waals surface area contributed by atoms with Gasteiger partial charge in [0.25, 0.3) is 5.91 Å². The first kappa shape index (κ1) is 18.4. The minimum Gasteiger partial charge on any atom is -0.496 e. The second-order valence-electron chi connectivity index (χ2n) is 5.94. The van der Waals surface area contributed by atoms with E-state index in [-0.39, 0.29) is 5.91 Å². The molecule has 0 spiro atoms. The molecule has 140 valence electrons. The highest BCUT2D eigenvalue weighted by Gasteiger charge is 2.11. The third-order valence-corrected chi connectivity index (χ3v) is 3.97. The van der Waals surface area contributed by atoms with Gasteiger partial charge in [-0.25, -0.2) is 9.97 Å². The monoisotopic (exact) mass is 366 g/mol. The smallest absolute Gasteiger partial charge is 0.270 e. The number of amides is 1. The van der Waals surface area contributed by atoms with Crippen LogP contribution in [-0.4, -0.2) is 29.5 Å². The minimum atomic E-state index is -0.273. The Balaban J connectivity index is 1.60. The number of aryl methyl sites for hydroxylation is 1. The number of aromatic nitrogens is 2. The van der Waals surface area contributed by atoms with Crippen LogP contribution in [0.25, 0.3) is 0 Å². The number of carbonyl (C=O) groups excluding carboxylic acids is 1. The molecule has 0 fully saturated rings. The average Bonchev–Trinajstić information content (AvgIpc) is 3.19. The number of methoxy groups -OCH3 is 1. The molecular formula is C20H22N4O3. The van der Waals surface area contributed by atoms with Crippen LogP contribution in [0.15, 0.2) is 53.1 Å². The molecule has 0 aliphatic heterocycles. The van der Waals surface area contributed by atoms with Gasteiger partial charge in [-0.05, 0) is 37.1 Å². The molecular weight excluding hydrogens is 344 g/mol. The number of ether oxygens (including phenoxy) is 1. The van der Waals surface area contributed by atoms with Gasteiger partial charge in [0, 0.05) is 12.6 Å². The second kappa shape index (κ2) is 8.84. The number of benzene rings is 1. The van der Waals surface area contributed by atoms with Crippen molar-refractivity contribution < 1.29 is 13.9 Å². The first-order valence-corrected chi connectivity index (χ1v) is 8.68. The molecule has 0 aliphatic rings. The molecule has 0 saturated heterocycles. The van der Waals surface area contributed by atoms with Crippen LogP contribution in [0.2, 0.25) is 0 Å².